The van der Waals surface area contributed by atoms with Crippen LogP contribution >= 0.6 is 0 Å². The Balaban J connectivity index is 1.75. The molecule has 3 rings (SSSR count). The number of nitrogens with zero attached hydrogens (tertiary/aromatic N) is 3. The zero-order valence-electron chi connectivity index (χ0n) is 14.0. The van der Waals surface area contributed by atoms with E-state index in [9.17, 15) is 14.7 Å². The standard InChI is InChI=1S/C18H22N4O3/c23-17(16-12-13(8-10-19-16)22-11-5-9-20-22)21-15-7-4-2-1-3-6-14(15)18(24)25/h5,8-12,14-15H,1-4,6-7H2,(H,21,23)(H,24,25). The first-order chi connectivity index (χ1) is 12.1. The Morgan fingerprint density at radius 2 is 1.96 bits per heavy atom. The summed E-state index contributed by atoms with van der Waals surface area (Å²) in [7, 11) is 0. The van der Waals surface area contributed by atoms with Crippen molar-refractivity contribution in [2.45, 2.75) is 44.6 Å². The second kappa shape index (κ2) is 7.92. The fourth-order valence-corrected chi connectivity index (χ4v) is 3.30. The summed E-state index contributed by atoms with van der Waals surface area (Å²) >= 11 is 0. The van der Waals surface area contributed by atoms with Crippen molar-refractivity contribution in [3.8, 4) is 5.69 Å². The summed E-state index contributed by atoms with van der Waals surface area (Å²) in [6, 6.07) is 4.85. The van der Waals surface area contributed by atoms with Gasteiger partial charge in [-0.25, -0.2) is 4.68 Å². The molecule has 25 heavy (non-hydrogen) atoms. The maximum atomic E-state index is 12.6. The van der Waals surface area contributed by atoms with Gasteiger partial charge in [-0.05, 0) is 31.0 Å². The molecule has 2 N–H and O–H groups in total. The quantitative estimate of drug-likeness (QED) is 0.889. The van der Waals surface area contributed by atoms with Gasteiger partial charge in [0.15, 0.2) is 0 Å². The fourth-order valence-electron chi connectivity index (χ4n) is 3.30. The molecular weight excluding hydrogens is 320 g/mol. The number of pyridine rings is 1. The van der Waals surface area contributed by atoms with Crippen LogP contribution in [0.3, 0.4) is 0 Å². The highest BCUT2D eigenvalue weighted by Gasteiger charge is 2.30. The molecule has 0 saturated heterocycles. The predicted octanol–water partition coefficient (Wildman–Crippen LogP) is 2.42. The minimum Gasteiger partial charge on any atom is -0.481 e. The lowest BCUT2D eigenvalue weighted by molar-refractivity contribution is -0.143. The highest BCUT2D eigenvalue weighted by atomic mass is 16.4. The normalized spacial score (nSPS) is 21.1. The Bertz CT molecular complexity index is 730. The van der Waals surface area contributed by atoms with Crippen LogP contribution in [-0.2, 0) is 4.79 Å². The second-order valence-corrected chi connectivity index (χ2v) is 6.37. The molecule has 2 atom stereocenters. The molecule has 2 aromatic heterocycles. The van der Waals surface area contributed by atoms with E-state index in [4.69, 9.17) is 0 Å². The van der Waals surface area contributed by atoms with Crippen LogP contribution in [0.25, 0.3) is 5.69 Å². The summed E-state index contributed by atoms with van der Waals surface area (Å²) < 4.78 is 1.65. The summed E-state index contributed by atoms with van der Waals surface area (Å²) in [4.78, 5) is 28.3. The van der Waals surface area contributed by atoms with Crippen LogP contribution in [0.5, 0.6) is 0 Å². The van der Waals surface area contributed by atoms with Crippen LogP contribution in [-0.4, -0.2) is 37.8 Å². The smallest absolute Gasteiger partial charge is 0.308 e. The van der Waals surface area contributed by atoms with Crippen LogP contribution in [0, 0.1) is 5.92 Å². The average Bonchev–Trinajstić information content (AvgIpc) is 3.11. The number of hydrogen-bond donors (Lipinski definition) is 2. The van der Waals surface area contributed by atoms with Gasteiger partial charge in [0, 0.05) is 24.6 Å². The Morgan fingerprint density at radius 1 is 1.16 bits per heavy atom. The third-order valence-corrected chi connectivity index (χ3v) is 4.64. The van der Waals surface area contributed by atoms with E-state index in [1.807, 2.05) is 0 Å². The SMILES string of the molecule is O=C(NC1CCCCCCC1C(=O)O)c1cc(-n2cccn2)ccn1. The first kappa shape index (κ1) is 17.1. The van der Waals surface area contributed by atoms with Gasteiger partial charge >= 0.3 is 5.97 Å². The highest BCUT2D eigenvalue weighted by molar-refractivity contribution is 5.93. The van der Waals surface area contributed by atoms with Crippen LogP contribution in [0.4, 0.5) is 0 Å². The van der Waals surface area contributed by atoms with Gasteiger partial charge < -0.3 is 10.4 Å². The average molecular weight is 342 g/mol. The lowest BCUT2D eigenvalue weighted by Crippen LogP contribution is -2.44. The molecule has 2 heterocycles. The Labute approximate surface area is 146 Å². The van der Waals surface area contributed by atoms with E-state index in [0.717, 1.165) is 31.4 Å². The summed E-state index contributed by atoms with van der Waals surface area (Å²) in [6.45, 7) is 0. The van der Waals surface area contributed by atoms with E-state index in [1.54, 1.807) is 41.5 Å². The Kier molecular flexibility index (Phi) is 5.42. The topological polar surface area (TPSA) is 97.1 Å². The molecule has 0 bridgehead atoms. The van der Waals surface area contributed by atoms with E-state index in [1.165, 1.54) is 0 Å². The summed E-state index contributed by atoms with van der Waals surface area (Å²) in [5.74, 6) is -1.73. The van der Waals surface area contributed by atoms with Crippen molar-refractivity contribution in [3.63, 3.8) is 0 Å². The lowest BCUT2D eigenvalue weighted by atomic mass is 9.86. The van der Waals surface area contributed by atoms with E-state index in [2.05, 4.69) is 15.4 Å². The molecule has 7 heteroatoms. The molecular formula is C18H22N4O3. The van der Waals surface area contributed by atoms with Gasteiger partial charge in [-0.3, -0.25) is 14.6 Å². The maximum Gasteiger partial charge on any atom is 0.308 e. The number of carbonyl (C=O) groups excluding carboxylic acids is 1. The molecule has 0 radical (unpaired) electrons. The van der Waals surface area contributed by atoms with Gasteiger partial charge in [0.25, 0.3) is 5.91 Å². The van der Waals surface area contributed by atoms with E-state index >= 15 is 0 Å². The Hall–Kier alpha value is -2.70. The van der Waals surface area contributed by atoms with Crippen molar-refractivity contribution in [1.29, 1.82) is 0 Å². The number of hydrogen-bond acceptors (Lipinski definition) is 4. The maximum absolute atomic E-state index is 12.6. The molecule has 2 aromatic rings. The number of carboxylic acids is 1. The number of aliphatic carboxylic acids is 1. The zero-order chi connectivity index (χ0) is 17.6. The van der Waals surface area contributed by atoms with Crippen LogP contribution in [0.2, 0.25) is 0 Å². The minimum atomic E-state index is -0.842. The first-order valence-corrected chi connectivity index (χ1v) is 8.65. The monoisotopic (exact) mass is 342 g/mol. The van der Waals surface area contributed by atoms with Crippen molar-refractivity contribution < 1.29 is 14.7 Å². The van der Waals surface area contributed by atoms with Gasteiger partial charge in [-0.1, -0.05) is 25.7 Å². The van der Waals surface area contributed by atoms with E-state index in [-0.39, 0.29) is 17.6 Å². The molecule has 7 nitrogen and oxygen atoms in total. The third-order valence-electron chi connectivity index (χ3n) is 4.64. The van der Waals surface area contributed by atoms with Crippen molar-refractivity contribution in [1.82, 2.24) is 20.1 Å². The van der Waals surface area contributed by atoms with Crippen LogP contribution < -0.4 is 5.32 Å². The van der Waals surface area contributed by atoms with Gasteiger partial charge in [-0.2, -0.15) is 5.10 Å². The van der Waals surface area contributed by atoms with Gasteiger partial charge in [0.05, 0.1) is 11.6 Å². The minimum absolute atomic E-state index is 0.263. The molecule has 1 fully saturated rings. The van der Waals surface area contributed by atoms with E-state index < -0.39 is 11.9 Å². The van der Waals surface area contributed by atoms with Gasteiger partial charge in [0.2, 0.25) is 0 Å². The molecule has 1 amide bonds. The van der Waals surface area contributed by atoms with Crippen LogP contribution in [0.15, 0.2) is 36.8 Å². The Morgan fingerprint density at radius 3 is 2.68 bits per heavy atom. The zero-order valence-corrected chi connectivity index (χ0v) is 14.0. The molecule has 1 aliphatic rings. The summed E-state index contributed by atoms with van der Waals surface area (Å²) in [6.07, 6.45) is 10.2. The predicted molar refractivity (Wildman–Crippen MR) is 91.4 cm³/mol. The number of aromatic nitrogens is 3. The largest absolute Gasteiger partial charge is 0.481 e. The molecule has 1 aliphatic carbocycles. The van der Waals surface area contributed by atoms with Crippen molar-refractivity contribution in [2.75, 3.05) is 0 Å². The van der Waals surface area contributed by atoms with Gasteiger partial charge in [0.1, 0.15) is 5.69 Å². The molecule has 0 spiro atoms. The van der Waals surface area contributed by atoms with Crippen LogP contribution in [0.1, 0.15) is 49.0 Å². The molecule has 1 saturated carbocycles. The number of carbonyl (C=O) groups is 2. The summed E-state index contributed by atoms with van der Waals surface area (Å²) in [5, 5.41) is 16.5. The highest BCUT2D eigenvalue weighted by Crippen LogP contribution is 2.23. The number of amides is 1. The lowest BCUT2D eigenvalue weighted by Gasteiger charge is -2.27. The van der Waals surface area contributed by atoms with Gasteiger partial charge in [-0.15, -0.1) is 0 Å². The molecule has 132 valence electrons. The molecule has 0 aromatic carbocycles. The van der Waals surface area contributed by atoms with Crippen molar-refractivity contribution in [3.05, 3.63) is 42.5 Å². The molecule has 2 unspecified atom stereocenters. The number of carboxylic acid groups (broad SMARTS) is 1. The summed E-state index contributed by atoms with van der Waals surface area (Å²) in [5.41, 5.74) is 0.997. The number of rotatable bonds is 4. The molecule has 0 aliphatic heterocycles. The first-order valence-electron chi connectivity index (χ1n) is 8.65. The second-order valence-electron chi connectivity index (χ2n) is 6.37. The van der Waals surface area contributed by atoms with Crippen molar-refractivity contribution >= 4 is 11.9 Å². The fraction of sp³-hybridized carbons (Fsp3) is 0.444. The van der Waals surface area contributed by atoms with E-state index in [0.29, 0.717) is 12.8 Å². The number of nitrogens with one attached hydrogen (secondary N) is 1. The third kappa shape index (κ3) is 4.23. The van der Waals surface area contributed by atoms with Crippen molar-refractivity contribution in [2.24, 2.45) is 5.92 Å².